The van der Waals surface area contributed by atoms with E-state index in [2.05, 4.69) is 25.8 Å². The zero-order valence-electron chi connectivity index (χ0n) is 12.9. The molecule has 0 radical (unpaired) electrons. The summed E-state index contributed by atoms with van der Waals surface area (Å²) in [6, 6.07) is 9.04. The predicted octanol–water partition coefficient (Wildman–Crippen LogP) is 1.74. The van der Waals surface area contributed by atoms with Crippen LogP contribution in [0.15, 0.2) is 30.3 Å². The monoisotopic (exact) mass is 311 g/mol. The van der Waals surface area contributed by atoms with Gasteiger partial charge in [-0.3, -0.25) is 14.7 Å². The molecule has 0 aliphatic carbocycles. The van der Waals surface area contributed by atoms with Gasteiger partial charge in [-0.15, -0.1) is 0 Å². The van der Waals surface area contributed by atoms with E-state index in [1.54, 1.807) is 19.2 Å². The molecule has 118 valence electrons. The number of benzene rings is 1. The SMILES string of the molecule is CNC(=O)c1cc2cc(NC(=O)Cc3cc(C)[nH]n3)ccc2[nH]1. The summed E-state index contributed by atoms with van der Waals surface area (Å²) in [6.07, 6.45) is 0.207. The Hall–Kier alpha value is -3.09. The molecule has 7 nitrogen and oxygen atoms in total. The van der Waals surface area contributed by atoms with Crippen LogP contribution < -0.4 is 10.6 Å². The molecule has 0 saturated carbocycles. The van der Waals surface area contributed by atoms with Crippen LogP contribution in [-0.4, -0.2) is 34.0 Å². The van der Waals surface area contributed by atoms with Gasteiger partial charge in [-0.2, -0.15) is 5.10 Å². The van der Waals surface area contributed by atoms with Gasteiger partial charge in [-0.1, -0.05) is 0 Å². The maximum absolute atomic E-state index is 12.1. The Kier molecular flexibility index (Phi) is 3.84. The van der Waals surface area contributed by atoms with Crippen LogP contribution in [0.4, 0.5) is 5.69 Å². The standard InChI is InChI=1S/C16H17N5O2/c1-9-5-12(21-20-9)8-15(22)18-11-3-4-13-10(6-11)7-14(19-13)16(23)17-2/h3-7,19H,8H2,1-2H3,(H,17,23)(H,18,22)(H,20,21). The van der Waals surface area contributed by atoms with Crippen molar-refractivity contribution in [2.75, 3.05) is 12.4 Å². The normalized spacial score (nSPS) is 10.7. The largest absolute Gasteiger partial charge is 0.354 e. The summed E-state index contributed by atoms with van der Waals surface area (Å²) in [5, 5.41) is 13.1. The van der Waals surface area contributed by atoms with Crippen molar-refractivity contribution < 1.29 is 9.59 Å². The van der Waals surface area contributed by atoms with E-state index in [0.29, 0.717) is 17.1 Å². The lowest BCUT2D eigenvalue weighted by atomic mass is 10.2. The van der Waals surface area contributed by atoms with Crippen molar-refractivity contribution in [3.8, 4) is 0 Å². The van der Waals surface area contributed by atoms with Crippen molar-refractivity contribution in [1.29, 1.82) is 0 Å². The fourth-order valence-electron chi connectivity index (χ4n) is 2.40. The van der Waals surface area contributed by atoms with Crippen molar-refractivity contribution in [2.24, 2.45) is 0 Å². The Morgan fingerprint density at radius 3 is 2.74 bits per heavy atom. The van der Waals surface area contributed by atoms with Gasteiger partial charge in [0.1, 0.15) is 5.69 Å². The van der Waals surface area contributed by atoms with E-state index in [0.717, 1.165) is 16.6 Å². The minimum atomic E-state index is -0.180. The van der Waals surface area contributed by atoms with Gasteiger partial charge < -0.3 is 15.6 Å². The zero-order valence-corrected chi connectivity index (χ0v) is 12.9. The highest BCUT2D eigenvalue weighted by atomic mass is 16.2. The number of carbonyl (C=O) groups is 2. The number of hydrogen-bond acceptors (Lipinski definition) is 3. The molecular formula is C16H17N5O2. The highest BCUT2D eigenvalue weighted by Gasteiger charge is 2.10. The molecule has 3 rings (SSSR count). The lowest BCUT2D eigenvalue weighted by Gasteiger charge is -2.04. The number of H-pyrrole nitrogens is 2. The summed E-state index contributed by atoms with van der Waals surface area (Å²) in [7, 11) is 1.58. The van der Waals surface area contributed by atoms with Crippen LogP contribution >= 0.6 is 0 Å². The Bertz CT molecular complexity index is 878. The molecule has 0 atom stereocenters. The van der Waals surface area contributed by atoms with Crippen LogP contribution in [0, 0.1) is 6.92 Å². The van der Waals surface area contributed by atoms with Crippen LogP contribution in [-0.2, 0) is 11.2 Å². The van der Waals surface area contributed by atoms with Crippen LogP contribution in [0.5, 0.6) is 0 Å². The molecule has 2 heterocycles. The van der Waals surface area contributed by atoms with Crippen molar-refractivity contribution in [2.45, 2.75) is 13.3 Å². The molecule has 0 spiro atoms. The quantitative estimate of drug-likeness (QED) is 0.590. The van der Waals surface area contributed by atoms with Gasteiger partial charge in [0.2, 0.25) is 5.91 Å². The maximum atomic E-state index is 12.1. The predicted molar refractivity (Wildman–Crippen MR) is 87.3 cm³/mol. The topological polar surface area (TPSA) is 103 Å². The van der Waals surface area contributed by atoms with Gasteiger partial charge in [0.25, 0.3) is 5.91 Å². The summed E-state index contributed by atoms with van der Waals surface area (Å²) in [5.74, 6) is -0.321. The van der Waals surface area contributed by atoms with Gasteiger partial charge in [-0.05, 0) is 37.3 Å². The molecule has 0 fully saturated rings. The lowest BCUT2D eigenvalue weighted by Crippen LogP contribution is -2.17. The highest BCUT2D eigenvalue weighted by Crippen LogP contribution is 2.20. The molecular weight excluding hydrogens is 294 g/mol. The summed E-state index contributed by atoms with van der Waals surface area (Å²) in [6.45, 7) is 1.89. The van der Waals surface area contributed by atoms with Crippen LogP contribution in [0.1, 0.15) is 21.9 Å². The number of rotatable bonds is 4. The molecule has 0 aliphatic heterocycles. The fourth-order valence-corrected chi connectivity index (χ4v) is 2.40. The zero-order chi connectivity index (χ0) is 16.4. The van der Waals surface area contributed by atoms with E-state index in [4.69, 9.17) is 0 Å². The van der Waals surface area contributed by atoms with Gasteiger partial charge >= 0.3 is 0 Å². The van der Waals surface area contributed by atoms with Crippen LogP contribution in [0.3, 0.4) is 0 Å². The maximum Gasteiger partial charge on any atom is 0.267 e. The van der Waals surface area contributed by atoms with E-state index in [9.17, 15) is 9.59 Å². The third-order valence-corrected chi connectivity index (χ3v) is 3.48. The van der Waals surface area contributed by atoms with Crippen molar-refractivity contribution in [3.63, 3.8) is 0 Å². The average molecular weight is 311 g/mol. The van der Waals surface area contributed by atoms with Gasteiger partial charge in [0.05, 0.1) is 12.1 Å². The molecule has 0 unspecified atom stereocenters. The fraction of sp³-hybridized carbons (Fsp3) is 0.188. The summed E-state index contributed by atoms with van der Waals surface area (Å²) in [4.78, 5) is 26.7. The highest BCUT2D eigenvalue weighted by molar-refractivity contribution is 6.00. The number of anilines is 1. The smallest absolute Gasteiger partial charge is 0.267 e. The van der Waals surface area contributed by atoms with Crippen molar-refractivity contribution in [3.05, 3.63) is 47.4 Å². The number of nitrogens with zero attached hydrogens (tertiary/aromatic N) is 1. The van der Waals surface area contributed by atoms with E-state index in [-0.39, 0.29) is 18.2 Å². The molecule has 2 aromatic heterocycles. The van der Waals surface area contributed by atoms with E-state index >= 15 is 0 Å². The van der Waals surface area contributed by atoms with E-state index < -0.39 is 0 Å². The van der Waals surface area contributed by atoms with Crippen LogP contribution in [0.25, 0.3) is 10.9 Å². The number of nitrogens with one attached hydrogen (secondary N) is 4. The molecule has 0 saturated heterocycles. The van der Waals surface area contributed by atoms with Gasteiger partial charge in [0.15, 0.2) is 0 Å². The summed E-state index contributed by atoms with van der Waals surface area (Å²) in [5.41, 5.74) is 3.62. The minimum absolute atomic E-state index is 0.141. The molecule has 0 aliphatic rings. The first-order chi connectivity index (χ1) is 11.0. The first-order valence-electron chi connectivity index (χ1n) is 7.21. The van der Waals surface area contributed by atoms with Crippen molar-refractivity contribution >= 4 is 28.4 Å². The summed E-state index contributed by atoms with van der Waals surface area (Å²) >= 11 is 0. The second-order valence-corrected chi connectivity index (χ2v) is 5.33. The Morgan fingerprint density at radius 2 is 2.04 bits per heavy atom. The molecule has 3 aromatic rings. The third kappa shape index (κ3) is 3.23. The number of aromatic nitrogens is 3. The average Bonchev–Trinajstić information content (AvgIpc) is 3.12. The first-order valence-corrected chi connectivity index (χ1v) is 7.21. The first kappa shape index (κ1) is 14.8. The molecule has 7 heteroatoms. The number of hydrogen-bond donors (Lipinski definition) is 4. The van der Waals surface area contributed by atoms with Gasteiger partial charge in [0, 0.05) is 29.3 Å². The Morgan fingerprint density at radius 1 is 1.22 bits per heavy atom. The molecule has 2 amide bonds. The third-order valence-electron chi connectivity index (χ3n) is 3.48. The Balaban J connectivity index is 1.75. The molecule has 23 heavy (non-hydrogen) atoms. The second kappa shape index (κ2) is 5.96. The second-order valence-electron chi connectivity index (χ2n) is 5.33. The number of carbonyl (C=O) groups excluding carboxylic acids is 2. The van der Waals surface area contributed by atoms with E-state index in [1.807, 2.05) is 25.1 Å². The lowest BCUT2D eigenvalue weighted by molar-refractivity contribution is -0.115. The van der Waals surface area contributed by atoms with E-state index in [1.165, 1.54) is 0 Å². The molecule has 4 N–H and O–H groups in total. The summed E-state index contributed by atoms with van der Waals surface area (Å²) < 4.78 is 0. The van der Waals surface area contributed by atoms with Crippen molar-refractivity contribution in [1.82, 2.24) is 20.5 Å². The Labute approximate surface area is 132 Å². The van der Waals surface area contributed by atoms with Gasteiger partial charge in [-0.25, -0.2) is 0 Å². The number of fused-ring (bicyclic) bond motifs is 1. The minimum Gasteiger partial charge on any atom is -0.354 e. The molecule has 0 bridgehead atoms. The number of aryl methyl sites for hydroxylation is 1. The molecule has 1 aromatic carbocycles. The van der Waals surface area contributed by atoms with Crippen LogP contribution in [0.2, 0.25) is 0 Å². The number of amides is 2. The number of aromatic amines is 2.